The summed E-state index contributed by atoms with van der Waals surface area (Å²) in [5, 5.41) is 14.0. The molecule has 2 rings (SSSR count). The molecule has 1 unspecified atom stereocenters. The van der Waals surface area contributed by atoms with Gasteiger partial charge < -0.3 is 10.6 Å². The minimum atomic E-state index is -0.813. The zero-order valence-electron chi connectivity index (χ0n) is 11.7. The molecular formula is C12H21N5O2S. The standard InChI is InChI=1S/C12H21N5O2S/c1-20(19)8-2-5-14-12(18)11-9-17(16-15-11)10-3-6-13-7-4-10/h9-10,13H,2-8H2,1H3,(H,14,18). The zero-order chi connectivity index (χ0) is 14.4. The van der Waals surface area contributed by atoms with Gasteiger partial charge in [0.1, 0.15) is 0 Å². The summed E-state index contributed by atoms with van der Waals surface area (Å²) >= 11 is 0. The maximum atomic E-state index is 11.9. The summed E-state index contributed by atoms with van der Waals surface area (Å²) < 4.78 is 12.7. The Morgan fingerprint density at radius 2 is 2.30 bits per heavy atom. The molecule has 7 nitrogen and oxygen atoms in total. The molecular weight excluding hydrogens is 278 g/mol. The number of nitrogens with one attached hydrogen (secondary N) is 2. The number of rotatable bonds is 6. The first-order chi connectivity index (χ1) is 9.66. The molecule has 1 amide bonds. The predicted molar refractivity (Wildman–Crippen MR) is 77.0 cm³/mol. The number of amides is 1. The van der Waals surface area contributed by atoms with Crippen LogP contribution in [0.3, 0.4) is 0 Å². The fourth-order valence-electron chi connectivity index (χ4n) is 2.20. The van der Waals surface area contributed by atoms with Crippen LogP contribution in [-0.2, 0) is 10.8 Å². The Morgan fingerprint density at radius 1 is 1.55 bits per heavy atom. The second-order valence-electron chi connectivity index (χ2n) is 4.95. The van der Waals surface area contributed by atoms with Crippen molar-refractivity contribution in [3.05, 3.63) is 11.9 Å². The van der Waals surface area contributed by atoms with Gasteiger partial charge in [-0.15, -0.1) is 5.10 Å². The van der Waals surface area contributed by atoms with Crippen LogP contribution >= 0.6 is 0 Å². The molecule has 112 valence electrons. The van der Waals surface area contributed by atoms with Gasteiger partial charge in [-0.2, -0.15) is 0 Å². The van der Waals surface area contributed by atoms with Gasteiger partial charge in [-0.1, -0.05) is 5.21 Å². The molecule has 0 saturated carbocycles. The first kappa shape index (κ1) is 15.1. The van der Waals surface area contributed by atoms with E-state index >= 15 is 0 Å². The first-order valence-electron chi connectivity index (χ1n) is 6.87. The van der Waals surface area contributed by atoms with E-state index in [4.69, 9.17) is 0 Å². The number of carbonyl (C=O) groups excluding carboxylic acids is 1. The average Bonchev–Trinajstić information content (AvgIpc) is 2.94. The van der Waals surface area contributed by atoms with Crippen molar-refractivity contribution in [2.75, 3.05) is 31.6 Å². The molecule has 1 fully saturated rings. The lowest BCUT2D eigenvalue weighted by atomic mass is 10.1. The van der Waals surface area contributed by atoms with Gasteiger partial charge in [0.15, 0.2) is 5.69 Å². The van der Waals surface area contributed by atoms with Crippen LogP contribution in [0.15, 0.2) is 6.20 Å². The number of carbonyl (C=O) groups is 1. The van der Waals surface area contributed by atoms with E-state index < -0.39 is 10.8 Å². The van der Waals surface area contributed by atoms with Crippen molar-refractivity contribution in [1.82, 2.24) is 25.6 Å². The first-order valence-corrected chi connectivity index (χ1v) is 8.60. The Labute approximate surface area is 121 Å². The summed E-state index contributed by atoms with van der Waals surface area (Å²) in [5.74, 6) is 0.384. The Balaban J connectivity index is 1.81. The van der Waals surface area contributed by atoms with E-state index in [1.54, 1.807) is 17.1 Å². The number of piperidine rings is 1. The second kappa shape index (κ2) is 7.49. The number of hydrogen-bond acceptors (Lipinski definition) is 5. The Bertz CT molecular complexity index is 470. The van der Waals surface area contributed by atoms with E-state index in [-0.39, 0.29) is 5.91 Å². The van der Waals surface area contributed by atoms with Crippen LogP contribution in [0.2, 0.25) is 0 Å². The third kappa shape index (κ3) is 4.38. The van der Waals surface area contributed by atoms with Crippen LogP contribution in [0.25, 0.3) is 0 Å². The van der Waals surface area contributed by atoms with E-state index in [0.29, 0.717) is 30.5 Å². The van der Waals surface area contributed by atoms with Gasteiger partial charge in [0.05, 0.1) is 12.2 Å². The highest BCUT2D eigenvalue weighted by Gasteiger charge is 2.18. The lowest BCUT2D eigenvalue weighted by molar-refractivity contribution is 0.0948. The van der Waals surface area contributed by atoms with Gasteiger partial charge in [0.2, 0.25) is 0 Å². The van der Waals surface area contributed by atoms with E-state index in [9.17, 15) is 9.00 Å². The number of hydrogen-bond donors (Lipinski definition) is 2. The van der Waals surface area contributed by atoms with Crippen molar-refractivity contribution >= 4 is 16.7 Å². The number of nitrogens with zero attached hydrogens (tertiary/aromatic N) is 3. The van der Waals surface area contributed by atoms with Crippen molar-refractivity contribution in [3.8, 4) is 0 Å². The summed E-state index contributed by atoms with van der Waals surface area (Å²) in [6, 6.07) is 0.327. The molecule has 1 aliphatic heterocycles. The molecule has 1 aromatic rings. The molecule has 1 atom stereocenters. The maximum Gasteiger partial charge on any atom is 0.273 e. The highest BCUT2D eigenvalue weighted by atomic mass is 32.2. The van der Waals surface area contributed by atoms with Crippen LogP contribution in [-0.4, -0.2) is 56.8 Å². The highest BCUT2D eigenvalue weighted by Crippen LogP contribution is 2.16. The van der Waals surface area contributed by atoms with Crippen molar-refractivity contribution in [1.29, 1.82) is 0 Å². The monoisotopic (exact) mass is 299 g/mol. The minimum absolute atomic E-state index is 0.216. The average molecular weight is 299 g/mol. The summed E-state index contributed by atoms with van der Waals surface area (Å²) in [7, 11) is -0.813. The van der Waals surface area contributed by atoms with E-state index in [2.05, 4.69) is 20.9 Å². The van der Waals surface area contributed by atoms with Crippen molar-refractivity contribution < 1.29 is 9.00 Å². The van der Waals surface area contributed by atoms with Crippen LogP contribution in [0, 0.1) is 0 Å². The SMILES string of the molecule is CS(=O)CCCNC(=O)c1cn(C2CCNCC2)nn1. The summed E-state index contributed by atoms with van der Waals surface area (Å²) in [6.45, 7) is 2.46. The van der Waals surface area contributed by atoms with Crippen LogP contribution in [0.4, 0.5) is 0 Å². The predicted octanol–water partition coefficient (Wildman–Crippen LogP) is -0.299. The van der Waals surface area contributed by atoms with E-state index in [1.807, 2.05) is 0 Å². The molecule has 2 N–H and O–H groups in total. The second-order valence-corrected chi connectivity index (χ2v) is 6.51. The minimum Gasteiger partial charge on any atom is -0.351 e. The molecule has 1 saturated heterocycles. The molecule has 20 heavy (non-hydrogen) atoms. The fraction of sp³-hybridized carbons (Fsp3) is 0.750. The molecule has 2 heterocycles. The third-order valence-electron chi connectivity index (χ3n) is 3.32. The van der Waals surface area contributed by atoms with E-state index in [1.165, 1.54) is 0 Å². The van der Waals surface area contributed by atoms with Crippen molar-refractivity contribution in [3.63, 3.8) is 0 Å². The molecule has 8 heteroatoms. The van der Waals surface area contributed by atoms with Gasteiger partial charge >= 0.3 is 0 Å². The Kier molecular flexibility index (Phi) is 5.66. The number of aromatic nitrogens is 3. The van der Waals surface area contributed by atoms with Crippen LogP contribution < -0.4 is 10.6 Å². The van der Waals surface area contributed by atoms with Crippen LogP contribution in [0.1, 0.15) is 35.8 Å². The molecule has 0 radical (unpaired) electrons. The molecule has 1 aliphatic rings. The lowest BCUT2D eigenvalue weighted by Crippen LogP contribution is -2.29. The molecule has 0 aliphatic carbocycles. The summed E-state index contributed by atoms with van der Waals surface area (Å²) in [6.07, 6.45) is 6.09. The van der Waals surface area contributed by atoms with Crippen molar-refractivity contribution in [2.45, 2.75) is 25.3 Å². The normalized spacial score (nSPS) is 17.9. The third-order valence-corrected chi connectivity index (χ3v) is 4.18. The quantitative estimate of drug-likeness (QED) is 0.704. The molecule has 0 aromatic carbocycles. The molecule has 0 bridgehead atoms. The van der Waals surface area contributed by atoms with Gasteiger partial charge in [0, 0.05) is 29.4 Å². The van der Waals surface area contributed by atoms with Gasteiger partial charge in [-0.05, 0) is 32.4 Å². The van der Waals surface area contributed by atoms with Crippen LogP contribution in [0.5, 0.6) is 0 Å². The van der Waals surface area contributed by atoms with Gasteiger partial charge in [-0.25, -0.2) is 4.68 Å². The maximum absolute atomic E-state index is 11.9. The summed E-state index contributed by atoms with van der Waals surface area (Å²) in [4.78, 5) is 11.9. The molecule has 0 spiro atoms. The largest absolute Gasteiger partial charge is 0.351 e. The lowest BCUT2D eigenvalue weighted by Gasteiger charge is -2.22. The highest BCUT2D eigenvalue weighted by molar-refractivity contribution is 7.84. The summed E-state index contributed by atoms with van der Waals surface area (Å²) in [5.41, 5.74) is 0.348. The van der Waals surface area contributed by atoms with Gasteiger partial charge in [-0.3, -0.25) is 9.00 Å². The Morgan fingerprint density at radius 3 is 3.00 bits per heavy atom. The molecule has 1 aromatic heterocycles. The van der Waals surface area contributed by atoms with Gasteiger partial charge in [0.25, 0.3) is 5.91 Å². The van der Waals surface area contributed by atoms with E-state index in [0.717, 1.165) is 25.9 Å². The smallest absolute Gasteiger partial charge is 0.273 e. The Hall–Kier alpha value is -1.28. The topological polar surface area (TPSA) is 88.9 Å². The fourth-order valence-corrected chi connectivity index (χ4v) is 2.75. The van der Waals surface area contributed by atoms with Crippen molar-refractivity contribution in [2.24, 2.45) is 0 Å². The zero-order valence-corrected chi connectivity index (χ0v) is 12.5.